The average molecular weight is 449 g/mol. The number of ether oxygens (including phenoxy) is 2. The van der Waals surface area contributed by atoms with Crippen LogP contribution in [0.5, 0.6) is 0 Å². The van der Waals surface area contributed by atoms with Gasteiger partial charge >= 0.3 is 0 Å². The second-order valence-electron chi connectivity index (χ2n) is 9.70. The topological polar surface area (TPSA) is 71.0 Å². The van der Waals surface area contributed by atoms with E-state index >= 15 is 0 Å². The molecule has 1 saturated carbocycles. The van der Waals surface area contributed by atoms with Crippen LogP contribution in [0.15, 0.2) is 24.3 Å². The Balaban J connectivity index is 1.29. The van der Waals surface area contributed by atoms with E-state index in [-0.39, 0.29) is 30.0 Å². The van der Waals surface area contributed by atoms with Crippen molar-refractivity contribution in [3.8, 4) is 0 Å². The van der Waals surface area contributed by atoms with Crippen LogP contribution in [0.25, 0.3) is 0 Å². The van der Waals surface area contributed by atoms with Gasteiger partial charge in [0.25, 0.3) is 0 Å². The highest BCUT2D eigenvalue weighted by Gasteiger charge is 2.38. The maximum absolute atomic E-state index is 13.0. The highest BCUT2D eigenvalue weighted by molar-refractivity contribution is 5.76. The Labute approximate surface area is 190 Å². The molecular weight excluding hydrogens is 411 g/mol. The molecule has 0 bridgehead atoms. The summed E-state index contributed by atoms with van der Waals surface area (Å²) in [5.41, 5.74) is 0.870. The van der Waals surface area contributed by atoms with Crippen LogP contribution in [0.4, 0.5) is 4.39 Å². The summed E-state index contributed by atoms with van der Waals surface area (Å²) >= 11 is 0. The molecule has 0 unspecified atom stereocenters. The fraction of sp³-hybridized carbons (Fsp3) is 0.720. The molecule has 1 aromatic rings. The van der Waals surface area contributed by atoms with E-state index in [2.05, 4.69) is 10.2 Å². The highest BCUT2D eigenvalue weighted by atomic mass is 19.1. The summed E-state index contributed by atoms with van der Waals surface area (Å²) in [6, 6.07) is 6.38. The third-order valence-corrected chi connectivity index (χ3v) is 7.12. The van der Waals surface area contributed by atoms with E-state index in [0.717, 1.165) is 24.9 Å². The molecule has 0 radical (unpaired) electrons. The number of carbonyl (C=O) groups is 1. The Morgan fingerprint density at radius 1 is 1.09 bits per heavy atom. The van der Waals surface area contributed by atoms with Crippen molar-refractivity contribution in [3.63, 3.8) is 0 Å². The smallest absolute Gasteiger partial charge is 0.222 e. The van der Waals surface area contributed by atoms with Gasteiger partial charge in [-0.1, -0.05) is 31.4 Å². The van der Waals surface area contributed by atoms with Crippen LogP contribution in [-0.2, 0) is 20.8 Å². The Hall–Kier alpha value is -1.54. The fourth-order valence-corrected chi connectivity index (χ4v) is 5.44. The summed E-state index contributed by atoms with van der Waals surface area (Å²) in [6.07, 6.45) is 7.93. The van der Waals surface area contributed by atoms with Crippen molar-refractivity contribution in [3.05, 3.63) is 35.6 Å². The van der Waals surface area contributed by atoms with E-state index in [1.807, 2.05) is 0 Å². The molecule has 1 amide bonds. The molecule has 3 aliphatic rings. The second kappa shape index (κ2) is 11.5. The van der Waals surface area contributed by atoms with Gasteiger partial charge in [-0.2, -0.15) is 0 Å². The van der Waals surface area contributed by atoms with Crippen LogP contribution >= 0.6 is 0 Å². The lowest BCUT2D eigenvalue weighted by Crippen LogP contribution is -2.56. The number of carbonyl (C=O) groups excluding carboxylic acids is 1. The Morgan fingerprint density at radius 3 is 2.66 bits per heavy atom. The zero-order chi connectivity index (χ0) is 22.3. The molecule has 4 atom stereocenters. The minimum Gasteiger partial charge on any atom is -0.389 e. The lowest BCUT2D eigenvalue weighted by molar-refractivity contribution is -0.158. The first-order valence-corrected chi connectivity index (χ1v) is 12.2. The largest absolute Gasteiger partial charge is 0.389 e. The van der Waals surface area contributed by atoms with Crippen LogP contribution in [0.2, 0.25) is 0 Å². The summed E-state index contributed by atoms with van der Waals surface area (Å²) < 4.78 is 25.1. The maximum atomic E-state index is 13.0. The van der Waals surface area contributed by atoms with Crippen LogP contribution in [0, 0.1) is 11.7 Å². The van der Waals surface area contributed by atoms with E-state index < -0.39 is 6.10 Å². The predicted molar refractivity (Wildman–Crippen MR) is 120 cm³/mol. The van der Waals surface area contributed by atoms with Gasteiger partial charge in [0.15, 0.2) is 0 Å². The summed E-state index contributed by atoms with van der Waals surface area (Å²) in [5.74, 6) is 0.364. The SMILES string of the molecule is O=C(C[C@@H]1CC[C@H]2[C@@H](COC[C@H](O)CN2CC2CCCCC2)O1)NCc1ccc(F)cc1. The molecule has 2 aliphatic heterocycles. The van der Waals surface area contributed by atoms with E-state index in [1.54, 1.807) is 12.1 Å². The molecule has 1 aromatic carbocycles. The molecule has 1 aliphatic carbocycles. The molecule has 6 nitrogen and oxygen atoms in total. The van der Waals surface area contributed by atoms with Crippen LogP contribution in [0.3, 0.4) is 0 Å². The second-order valence-corrected chi connectivity index (χ2v) is 9.70. The van der Waals surface area contributed by atoms with Crippen LogP contribution < -0.4 is 5.32 Å². The third kappa shape index (κ3) is 6.73. The number of nitrogens with zero attached hydrogens (tertiary/aromatic N) is 1. The summed E-state index contributed by atoms with van der Waals surface area (Å²) in [7, 11) is 0. The van der Waals surface area contributed by atoms with Crippen LogP contribution in [0.1, 0.15) is 56.9 Å². The van der Waals surface area contributed by atoms with E-state index in [0.29, 0.717) is 38.6 Å². The standard InChI is InChI=1S/C25H37FN2O4/c26-20-8-6-18(7-9-20)13-27-25(30)12-22-10-11-23-24(32-22)17-31-16-21(29)15-28(23)14-19-4-2-1-3-5-19/h6-9,19,21-24,29H,1-5,10-17H2,(H,27,30)/t21-,22+,23+,24-/m1/s1. The summed E-state index contributed by atoms with van der Waals surface area (Å²) in [6.45, 7) is 2.81. The van der Waals surface area contributed by atoms with E-state index in [4.69, 9.17) is 9.47 Å². The number of fused-ring (bicyclic) bond motifs is 1. The van der Waals surface area contributed by atoms with Crippen molar-refractivity contribution in [1.29, 1.82) is 0 Å². The van der Waals surface area contributed by atoms with Crippen molar-refractivity contribution in [2.75, 3.05) is 26.3 Å². The lowest BCUT2D eigenvalue weighted by atomic mass is 9.87. The van der Waals surface area contributed by atoms with Gasteiger partial charge in [-0.15, -0.1) is 0 Å². The van der Waals surface area contributed by atoms with Gasteiger partial charge in [-0.05, 0) is 49.3 Å². The average Bonchev–Trinajstić information content (AvgIpc) is 2.78. The van der Waals surface area contributed by atoms with Crippen molar-refractivity contribution in [1.82, 2.24) is 10.2 Å². The molecule has 2 N–H and O–H groups in total. The summed E-state index contributed by atoms with van der Waals surface area (Å²) in [4.78, 5) is 14.9. The van der Waals surface area contributed by atoms with Crippen molar-refractivity contribution < 1.29 is 23.8 Å². The third-order valence-electron chi connectivity index (χ3n) is 7.12. The monoisotopic (exact) mass is 448 g/mol. The van der Waals surface area contributed by atoms with Crippen molar-refractivity contribution in [2.45, 2.75) is 82.3 Å². The fourth-order valence-electron chi connectivity index (χ4n) is 5.44. The highest BCUT2D eigenvalue weighted by Crippen LogP contribution is 2.31. The minimum absolute atomic E-state index is 0.0565. The molecule has 0 spiro atoms. The lowest BCUT2D eigenvalue weighted by Gasteiger charge is -2.45. The first-order valence-electron chi connectivity index (χ1n) is 12.2. The molecule has 178 valence electrons. The summed E-state index contributed by atoms with van der Waals surface area (Å²) in [5, 5.41) is 13.3. The Bertz CT molecular complexity index is 725. The number of hydrogen-bond acceptors (Lipinski definition) is 5. The molecule has 4 rings (SSSR count). The van der Waals surface area contributed by atoms with Gasteiger partial charge < -0.3 is 19.9 Å². The number of hydrogen-bond donors (Lipinski definition) is 2. The molecule has 7 heteroatoms. The number of β-amino-alcohol motifs (C(OH)–C–C–N with tert-alkyl or cyclic N) is 1. The molecule has 0 aromatic heterocycles. The first-order chi connectivity index (χ1) is 15.6. The van der Waals surface area contributed by atoms with Crippen LogP contribution in [-0.4, -0.2) is 66.6 Å². The van der Waals surface area contributed by atoms with Gasteiger partial charge in [0.1, 0.15) is 5.82 Å². The van der Waals surface area contributed by atoms with E-state index in [1.165, 1.54) is 44.2 Å². The van der Waals surface area contributed by atoms with Gasteiger partial charge in [-0.25, -0.2) is 4.39 Å². The zero-order valence-corrected chi connectivity index (χ0v) is 18.9. The van der Waals surface area contributed by atoms with Gasteiger partial charge in [0.05, 0.1) is 37.9 Å². The molecule has 2 heterocycles. The number of halogens is 1. The number of nitrogens with one attached hydrogen (secondary N) is 1. The first kappa shape index (κ1) is 23.6. The minimum atomic E-state index is -0.463. The molecule has 2 saturated heterocycles. The Morgan fingerprint density at radius 2 is 1.88 bits per heavy atom. The van der Waals surface area contributed by atoms with Gasteiger partial charge in [-0.3, -0.25) is 9.69 Å². The normalized spacial score (nSPS) is 30.2. The van der Waals surface area contributed by atoms with Crippen molar-refractivity contribution in [2.24, 2.45) is 5.92 Å². The van der Waals surface area contributed by atoms with Crippen molar-refractivity contribution >= 4 is 5.91 Å². The zero-order valence-electron chi connectivity index (χ0n) is 18.9. The Kier molecular flexibility index (Phi) is 8.52. The quantitative estimate of drug-likeness (QED) is 0.700. The molecule has 32 heavy (non-hydrogen) atoms. The van der Waals surface area contributed by atoms with E-state index in [9.17, 15) is 14.3 Å². The maximum Gasteiger partial charge on any atom is 0.222 e. The number of aliphatic hydroxyl groups is 1. The van der Waals surface area contributed by atoms with Gasteiger partial charge in [0.2, 0.25) is 5.91 Å². The number of aliphatic hydroxyl groups excluding tert-OH is 1. The number of benzene rings is 1. The molecule has 3 fully saturated rings. The predicted octanol–water partition coefficient (Wildman–Crippen LogP) is 3.02. The number of amides is 1. The molecular formula is C25H37FN2O4. The van der Waals surface area contributed by atoms with Gasteiger partial charge in [0, 0.05) is 25.7 Å². The number of rotatable bonds is 6.